The molecule has 0 aromatic carbocycles. The van der Waals surface area contributed by atoms with E-state index in [4.69, 9.17) is 5.11 Å². The van der Waals surface area contributed by atoms with Crippen molar-refractivity contribution in [3.63, 3.8) is 0 Å². The molecule has 1 N–H and O–H groups in total. The number of aliphatic hydroxyl groups excluding tert-OH is 1. The van der Waals surface area contributed by atoms with Crippen molar-refractivity contribution < 1.29 is 35.2 Å². The van der Waals surface area contributed by atoms with Crippen LogP contribution in [-0.2, 0) is 30.0 Å². The van der Waals surface area contributed by atoms with Crippen LogP contribution in [0.15, 0.2) is 0 Å². The van der Waals surface area contributed by atoms with E-state index in [0.717, 1.165) is 0 Å². The van der Waals surface area contributed by atoms with E-state index in [9.17, 15) is 0 Å². The Kier molecular flexibility index (Phi) is 31.9. The molecule has 0 heterocycles. The summed E-state index contributed by atoms with van der Waals surface area (Å²) in [7, 11) is 0. The molecule has 0 saturated heterocycles. The Labute approximate surface area is 78.6 Å². The molecule has 0 fully saturated rings. The molecule has 0 unspecified atom stereocenters. The Morgan fingerprint density at radius 1 is 1.38 bits per heavy atom. The molecule has 0 bridgehead atoms. The van der Waals surface area contributed by atoms with Crippen molar-refractivity contribution in [3.8, 4) is 0 Å². The molecule has 2 nitrogen and oxygen atoms in total. The Balaban J connectivity index is -0.0000000575. The third-order valence-electron chi connectivity index (χ3n) is 0. The minimum atomic E-state index is -0.167. The van der Waals surface area contributed by atoms with Crippen LogP contribution in [0.4, 0.5) is 0 Å². The summed E-state index contributed by atoms with van der Waals surface area (Å²) >= 11 is 8.53. The van der Waals surface area contributed by atoms with Gasteiger partial charge in [0.1, 0.15) is 0 Å². The van der Waals surface area contributed by atoms with Gasteiger partial charge in [-0.2, -0.15) is 3.84 Å². The molecule has 0 amide bonds. The first-order valence-corrected chi connectivity index (χ1v) is 2.34. The second-order valence-electron chi connectivity index (χ2n) is 1.15. The van der Waals surface area contributed by atoms with Crippen LogP contribution in [0.3, 0.4) is 0 Å². The van der Waals surface area contributed by atoms with Crippen LogP contribution < -0.4 is 0 Å². The van der Waals surface area contributed by atoms with Crippen LogP contribution in [0.1, 0.15) is 13.8 Å². The van der Waals surface area contributed by atoms with Gasteiger partial charge in [0, 0.05) is 32.3 Å². The van der Waals surface area contributed by atoms with Crippen LogP contribution in [0.5, 0.6) is 0 Å². The molecule has 0 radical (unpaired) electrons. The molecular weight excluding hydrogens is 230 g/mol. The Hall–Kier alpha value is 1.38. The van der Waals surface area contributed by atoms with Crippen molar-refractivity contribution in [3.05, 3.63) is 0 Å². The summed E-state index contributed by atoms with van der Waals surface area (Å²) in [6.07, 6.45) is -0.167. The standard InChI is InChI=1S/C3H8O.Cl2O.Zr/c1-3(2)4;1-3-2;/h3-4H,1-2H3;;. The molecule has 8 heavy (non-hydrogen) atoms. The number of rotatable bonds is 0. The number of aliphatic hydroxyl groups is 1. The predicted molar refractivity (Wildman–Crippen MR) is 30.1 cm³/mol. The summed E-state index contributed by atoms with van der Waals surface area (Å²) in [6, 6.07) is 0. The molecule has 0 spiro atoms. The predicted octanol–water partition coefficient (Wildman–Crippen LogP) is 1.70. The molecule has 5 heteroatoms. The van der Waals surface area contributed by atoms with E-state index in [0.29, 0.717) is 0 Å². The molecule has 0 atom stereocenters. The molecule has 50 valence electrons. The summed E-state index contributed by atoms with van der Waals surface area (Å²) < 4.78 is 3.19. The summed E-state index contributed by atoms with van der Waals surface area (Å²) in [4.78, 5) is 0. The van der Waals surface area contributed by atoms with Crippen molar-refractivity contribution in [2.24, 2.45) is 0 Å². The van der Waals surface area contributed by atoms with Crippen molar-refractivity contribution in [2.45, 2.75) is 20.0 Å². The number of hydrogen-bond acceptors (Lipinski definition) is 2. The van der Waals surface area contributed by atoms with Gasteiger partial charge in [0.25, 0.3) is 0 Å². The maximum absolute atomic E-state index is 8.06. The summed E-state index contributed by atoms with van der Waals surface area (Å²) in [6.45, 7) is 3.44. The first-order chi connectivity index (χ1) is 3.15. The molecule has 0 aliphatic carbocycles. The fraction of sp³-hybridized carbons (Fsp3) is 1.00. The van der Waals surface area contributed by atoms with Gasteiger partial charge in [-0.3, -0.25) is 0 Å². The maximum atomic E-state index is 8.06. The van der Waals surface area contributed by atoms with Gasteiger partial charge in [-0.1, -0.05) is 0 Å². The first kappa shape index (κ1) is 16.2. The summed E-state index contributed by atoms with van der Waals surface area (Å²) in [5.41, 5.74) is 0. The van der Waals surface area contributed by atoms with Gasteiger partial charge in [0.05, 0.1) is 23.7 Å². The SMILES string of the molecule is CC(C)O.ClOCl.[Zr]. The molecule has 0 aliphatic rings. The van der Waals surface area contributed by atoms with Gasteiger partial charge in [0.15, 0.2) is 0 Å². The zero-order valence-electron chi connectivity index (χ0n) is 4.69. The second kappa shape index (κ2) is 15.8. The molecule has 0 aromatic heterocycles. The van der Waals surface area contributed by atoms with E-state index in [1.165, 1.54) is 0 Å². The van der Waals surface area contributed by atoms with Crippen LogP contribution in [0.25, 0.3) is 0 Å². The van der Waals surface area contributed by atoms with Crippen LogP contribution >= 0.6 is 23.7 Å². The fourth-order valence-corrected chi connectivity index (χ4v) is 0. The van der Waals surface area contributed by atoms with Crippen molar-refractivity contribution in [1.82, 2.24) is 0 Å². The minimum absolute atomic E-state index is 0. The Morgan fingerprint density at radius 3 is 1.38 bits per heavy atom. The first-order valence-electron chi connectivity index (χ1n) is 1.72. The van der Waals surface area contributed by atoms with E-state index >= 15 is 0 Å². The average Bonchev–Trinajstić information content (AvgIpc) is 1.33. The Bertz CT molecular complexity index is 26.5. The average molecular weight is 238 g/mol. The Morgan fingerprint density at radius 2 is 1.38 bits per heavy atom. The molecular formula is C3H8Cl2O2Zr. The van der Waals surface area contributed by atoms with E-state index < -0.39 is 0 Å². The third kappa shape index (κ3) is 157. The molecule has 0 saturated carbocycles. The van der Waals surface area contributed by atoms with Crippen LogP contribution in [-0.4, -0.2) is 11.2 Å². The normalized spacial score (nSPS) is 6.75. The quantitative estimate of drug-likeness (QED) is 0.696. The van der Waals surface area contributed by atoms with Gasteiger partial charge >= 0.3 is 0 Å². The van der Waals surface area contributed by atoms with Gasteiger partial charge in [-0.15, -0.1) is 0 Å². The van der Waals surface area contributed by atoms with E-state index in [-0.39, 0.29) is 32.3 Å². The number of hydrogen-bond donors (Lipinski definition) is 1. The number of halogens is 2. The van der Waals surface area contributed by atoms with E-state index in [1.807, 2.05) is 0 Å². The van der Waals surface area contributed by atoms with Crippen LogP contribution in [0, 0.1) is 0 Å². The van der Waals surface area contributed by atoms with Crippen LogP contribution in [0.2, 0.25) is 0 Å². The summed E-state index contributed by atoms with van der Waals surface area (Å²) in [5.74, 6) is 0. The fourth-order valence-electron chi connectivity index (χ4n) is 0. The van der Waals surface area contributed by atoms with Gasteiger partial charge in [0.2, 0.25) is 0 Å². The maximum Gasteiger partial charge on any atom is 0.0832 e. The largest absolute Gasteiger partial charge is 0.394 e. The smallest absolute Gasteiger partial charge is 0.0832 e. The topological polar surface area (TPSA) is 29.5 Å². The third-order valence-corrected chi connectivity index (χ3v) is 0. The monoisotopic (exact) mass is 236 g/mol. The molecule has 0 aromatic rings. The summed E-state index contributed by atoms with van der Waals surface area (Å²) in [5, 5.41) is 8.06. The second-order valence-corrected chi connectivity index (χ2v) is 1.62. The zero-order valence-corrected chi connectivity index (χ0v) is 8.66. The zero-order chi connectivity index (χ0) is 6.28. The van der Waals surface area contributed by atoms with E-state index in [2.05, 4.69) is 27.6 Å². The van der Waals surface area contributed by atoms with Crippen molar-refractivity contribution >= 4 is 23.7 Å². The van der Waals surface area contributed by atoms with Gasteiger partial charge in [-0.25, -0.2) is 0 Å². The minimum Gasteiger partial charge on any atom is -0.394 e. The molecule has 0 aliphatic heterocycles. The van der Waals surface area contributed by atoms with Crippen molar-refractivity contribution in [2.75, 3.05) is 0 Å². The van der Waals surface area contributed by atoms with E-state index in [1.54, 1.807) is 13.8 Å². The molecule has 0 rings (SSSR count). The van der Waals surface area contributed by atoms with Crippen molar-refractivity contribution in [1.29, 1.82) is 0 Å². The van der Waals surface area contributed by atoms with Gasteiger partial charge < -0.3 is 5.11 Å². The van der Waals surface area contributed by atoms with Gasteiger partial charge in [-0.05, 0) is 13.8 Å².